The van der Waals surface area contributed by atoms with Gasteiger partial charge in [-0.3, -0.25) is 0 Å². The molecular weight excluding hydrogens is 189 g/mol. The SMILES string of the molecule is CC.CC(CCC(C)(C)C)C(F)(F)F. The zero-order valence-electron chi connectivity index (χ0n) is 10.1. The van der Waals surface area contributed by atoms with Crippen molar-refractivity contribution in [3.63, 3.8) is 0 Å². The van der Waals surface area contributed by atoms with Gasteiger partial charge in [-0.15, -0.1) is 0 Å². The second-order valence-electron chi connectivity index (χ2n) is 4.54. The zero-order valence-corrected chi connectivity index (χ0v) is 10.1. The Hall–Kier alpha value is -0.210. The Kier molecular flexibility index (Phi) is 7.31. The first-order valence-electron chi connectivity index (χ1n) is 5.19. The second kappa shape index (κ2) is 6.31. The van der Waals surface area contributed by atoms with Crippen LogP contribution in [0.3, 0.4) is 0 Å². The van der Waals surface area contributed by atoms with E-state index in [-0.39, 0.29) is 11.8 Å². The molecule has 0 nitrogen and oxygen atoms in total. The lowest BCUT2D eigenvalue weighted by Gasteiger charge is -2.22. The monoisotopic (exact) mass is 212 g/mol. The standard InChI is InChI=1S/C9H17F3.C2H6/c1-7(9(10,11)12)5-6-8(2,3)4;1-2/h7H,5-6H2,1-4H3;1-2H3. The lowest BCUT2D eigenvalue weighted by atomic mass is 9.87. The van der Waals surface area contributed by atoms with Crippen molar-refractivity contribution in [3.8, 4) is 0 Å². The van der Waals surface area contributed by atoms with Gasteiger partial charge in [-0.05, 0) is 18.3 Å². The average Bonchev–Trinajstić information content (AvgIpc) is 2.01. The van der Waals surface area contributed by atoms with Crippen LogP contribution < -0.4 is 0 Å². The third kappa shape index (κ3) is 9.87. The van der Waals surface area contributed by atoms with Gasteiger partial charge in [-0.25, -0.2) is 0 Å². The highest BCUT2D eigenvalue weighted by molar-refractivity contribution is 4.68. The molecule has 88 valence electrons. The van der Waals surface area contributed by atoms with Crippen molar-refractivity contribution >= 4 is 0 Å². The lowest BCUT2D eigenvalue weighted by molar-refractivity contribution is -0.172. The predicted molar refractivity (Wildman–Crippen MR) is 55.3 cm³/mol. The molecule has 0 aliphatic carbocycles. The number of alkyl halides is 3. The summed E-state index contributed by atoms with van der Waals surface area (Å²) in [4.78, 5) is 0. The van der Waals surface area contributed by atoms with E-state index in [1.165, 1.54) is 6.92 Å². The molecular formula is C11H23F3. The Bertz CT molecular complexity index is 130. The van der Waals surface area contributed by atoms with Gasteiger partial charge in [-0.2, -0.15) is 13.2 Å². The van der Waals surface area contributed by atoms with Gasteiger partial charge in [0.15, 0.2) is 0 Å². The molecule has 0 aromatic heterocycles. The van der Waals surface area contributed by atoms with Gasteiger partial charge in [0, 0.05) is 0 Å². The van der Waals surface area contributed by atoms with E-state index in [0.717, 1.165) is 0 Å². The Morgan fingerprint density at radius 3 is 1.57 bits per heavy atom. The lowest BCUT2D eigenvalue weighted by Crippen LogP contribution is -2.21. The Morgan fingerprint density at radius 2 is 1.36 bits per heavy atom. The van der Waals surface area contributed by atoms with Gasteiger partial charge >= 0.3 is 6.18 Å². The van der Waals surface area contributed by atoms with Crippen LogP contribution in [0, 0.1) is 11.3 Å². The number of rotatable bonds is 2. The molecule has 0 spiro atoms. The molecule has 1 unspecified atom stereocenters. The third-order valence-corrected chi connectivity index (χ3v) is 1.89. The first-order valence-corrected chi connectivity index (χ1v) is 5.19. The molecule has 0 amide bonds. The molecule has 0 rings (SSSR count). The maximum absolute atomic E-state index is 12.0. The molecule has 0 bridgehead atoms. The number of halogens is 3. The summed E-state index contributed by atoms with van der Waals surface area (Å²) in [5.41, 5.74) is -0.000486. The highest BCUT2D eigenvalue weighted by Crippen LogP contribution is 2.32. The van der Waals surface area contributed by atoms with Gasteiger partial charge < -0.3 is 0 Å². The second-order valence-corrected chi connectivity index (χ2v) is 4.54. The molecule has 0 saturated carbocycles. The summed E-state index contributed by atoms with van der Waals surface area (Å²) >= 11 is 0. The van der Waals surface area contributed by atoms with Gasteiger partial charge in [0.05, 0.1) is 5.92 Å². The van der Waals surface area contributed by atoms with E-state index in [1.807, 2.05) is 34.6 Å². The molecule has 0 N–H and O–H groups in total. The smallest absolute Gasteiger partial charge is 0.171 e. The van der Waals surface area contributed by atoms with Crippen molar-refractivity contribution in [3.05, 3.63) is 0 Å². The van der Waals surface area contributed by atoms with E-state index in [9.17, 15) is 13.2 Å². The third-order valence-electron chi connectivity index (χ3n) is 1.89. The summed E-state index contributed by atoms with van der Waals surface area (Å²) in [7, 11) is 0. The van der Waals surface area contributed by atoms with Crippen molar-refractivity contribution in [2.75, 3.05) is 0 Å². The van der Waals surface area contributed by atoms with Gasteiger partial charge in [0.25, 0.3) is 0 Å². The summed E-state index contributed by atoms with van der Waals surface area (Å²) < 4.78 is 36.1. The summed E-state index contributed by atoms with van der Waals surface area (Å²) in [5.74, 6) is -1.17. The first kappa shape index (κ1) is 16.2. The summed E-state index contributed by atoms with van der Waals surface area (Å²) in [6, 6.07) is 0. The van der Waals surface area contributed by atoms with Crippen molar-refractivity contribution in [1.82, 2.24) is 0 Å². The van der Waals surface area contributed by atoms with Crippen molar-refractivity contribution < 1.29 is 13.2 Å². The largest absolute Gasteiger partial charge is 0.391 e. The molecule has 0 heterocycles. The average molecular weight is 212 g/mol. The van der Waals surface area contributed by atoms with Crippen LogP contribution in [0.2, 0.25) is 0 Å². The molecule has 1 atom stereocenters. The maximum atomic E-state index is 12.0. The molecule has 0 fully saturated rings. The van der Waals surface area contributed by atoms with E-state index >= 15 is 0 Å². The minimum absolute atomic E-state index is 0.000486. The minimum atomic E-state index is -4.02. The fraction of sp³-hybridized carbons (Fsp3) is 1.00. The Morgan fingerprint density at radius 1 is 1.00 bits per heavy atom. The fourth-order valence-electron chi connectivity index (χ4n) is 0.813. The Balaban J connectivity index is 0. The number of hydrogen-bond donors (Lipinski definition) is 0. The molecule has 0 saturated heterocycles. The molecule has 14 heavy (non-hydrogen) atoms. The molecule has 0 radical (unpaired) electrons. The van der Waals surface area contributed by atoms with Crippen LogP contribution in [-0.4, -0.2) is 6.18 Å². The van der Waals surface area contributed by atoms with Crippen LogP contribution in [0.4, 0.5) is 13.2 Å². The van der Waals surface area contributed by atoms with E-state index in [0.29, 0.717) is 6.42 Å². The van der Waals surface area contributed by atoms with E-state index in [1.54, 1.807) is 0 Å². The zero-order chi connectivity index (χ0) is 12.0. The minimum Gasteiger partial charge on any atom is -0.171 e. The topological polar surface area (TPSA) is 0 Å². The quantitative estimate of drug-likeness (QED) is 0.601. The summed E-state index contributed by atoms with van der Waals surface area (Å²) in [6.07, 6.45) is -3.17. The highest BCUT2D eigenvalue weighted by atomic mass is 19.4. The van der Waals surface area contributed by atoms with E-state index in [4.69, 9.17) is 0 Å². The fourth-order valence-corrected chi connectivity index (χ4v) is 0.813. The molecule has 0 aromatic rings. The summed E-state index contributed by atoms with van der Waals surface area (Å²) in [6.45, 7) is 11.1. The number of hydrogen-bond acceptors (Lipinski definition) is 0. The molecule has 0 aliphatic rings. The van der Waals surface area contributed by atoms with Gasteiger partial charge in [0.1, 0.15) is 0 Å². The predicted octanol–water partition coefficient (Wildman–Crippen LogP) is 5.04. The molecule has 0 aliphatic heterocycles. The van der Waals surface area contributed by atoms with Crippen LogP contribution >= 0.6 is 0 Å². The highest BCUT2D eigenvalue weighted by Gasteiger charge is 2.35. The van der Waals surface area contributed by atoms with E-state index in [2.05, 4.69) is 0 Å². The Labute approximate surface area is 85.9 Å². The van der Waals surface area contributed by atoms with Crippen LogP contribution in [-0.2, 0) is 0 Å². The molecule has 3 heteroatoms. The first-order chi connectivity index (χ1) is 6.13. The van der Waals surface area contributed by atoms with Crippen LogP contribution in [0.25, 0.3) is 0 Å². The van der Waals surface area contributed by atoms with Gasteiger partial charge in [0.2, 0.25) is 0 Å². The van der Waals surface area contributed by atoms with Gasteiger partial charge in [-0.1, -0.05) is 41.5 Å². The molecule has 0 aromatic carbocycles. The maximum Gasteiger partial charge on any atom is 0.391 e. The van der Waals surface area contributed by atoms with Crippen LogP contribution in [0.15, 0.2) is 0 Å². The summed E-state index contributed by atoms with van der Waals surface area (Å²) in [5, 5.41) is 0. The normalized spacial score (nSPS) is 14.4. The van der Waals surface area contributed by atoms with Crippen molar-refractivity contribution in [2.45, 2.75) is 60.6 Å². The van der Waals surface area contributed by atoms with Crippen LogP contribution in [0.1, 0.15) is 54.4 Å². The van der Waals surface area contributed by atoms with Crippen LogP contribution in [0.5, 0.6) is 0 Å². The van der Waals surface area contributed by atoms with Crippen molar-refractivity contribution in [1.29, 1.82) is 0 Å². The van der Waals surface area contributed by atoms with Crippen molar-refractivity contribution in [2.24, 2.45) is 11.3 Å². The van der Waals surface area contributed by atoms with E-state index < -0.39 is 12.1 Å².